The quantitative estimate of drug-likeness (QED) is 0.427. The van der Waals surface area contributed by atoms with Crippen molar-refractivity contribution in [3.8, 4) is 11.3 Å². The third-order valence-corrected chi connectivity index (χ3v) is 8.04. The average molecular weight is 534 g/mol. The lowest BCUT2D eigenvalue weighted by molar-refractivity contribution is -0.173. The van der Waals surface area contributed by atoms with Crippen LogP contribution in [0, 0.1) is 11.2 Å². The molecule has 0 spiro atoms. The lowest BCUT2D eigenvalue weighted by Crippen LogP contribution is -2.50. The highest BCUT2D eigenvalue weighted by Gasteiger charge is 2.34. The Hall–Kier alpha value is -2.04. The Labute approximate surface area is 223 Å². The van der Waals surface area contributed by atoms with Crippen LogP contribution in [0.5, 0.6) is 0 Å². The zero-order valence-corrected chi connectivity index (χ0v) is 22.4. The minimum Gasteiger partial charge on any atom is -0.381 e. The van der Waals surface area contributed by atoms with Crippen LogP contribution in [0.4, 0.5) is 16.0 Å². The number of nitrogens with zero attached hydrogens (tertiary/aromatic N) is 2. The van der Waals surface area contributed by atoms with Gasteiger partial charge in [0, 0.05) is 50.5 Å². The van der Waals surface area contributed by atoms with Crippen molar-refractivity contribution in [2.24, 2.45) is 5.41 Å². The van der Waals surface area contributed by atoms with Crippen molar-refractivity contribution >= 4 is 23.2 Å². The number of aromatic nitrogens is 2. The first kappa shape index (κ1) is 26.6. The van der Waals surface area contributed by atoms with Gasteiger partial charge in [-0.25, -0.2) is 14.4 Å². The summed E-state index contributed by atoms with van der Waals surface area (Å²) in [6.07, 6.45) is 7.53. The van der Waals surface area contributed by atoms with Gasteiger partial charge in [0.2, 0.25) is 5.91 Å². The standard InChI is InChI=1S/C27H37ClFN5O3/c1-26(9-11-35-12-10-26)17-31-25-22(29)7-8-23(33-25)20-15-24(30-16-21(20)28)32-18-3-5-19(6-4-18)34-27(2)36-13-14-37-27/h7-8,15-16,18-19,34H,3-6,9-14,17H2,1-2H3,(H,30,32)(H,31,33). The van der Waals surface area contributed by atoms with Gasteiger partial charge in [0.15, 0.2) is 11.6 Å². The maximum Gasteiger partial charge on any atom is 0.224 e. The molecule has 0 atom stereocenters. The molecule has 8 nitrogen and oxygen atoms in total. The Morgan fingerprint density at radius 1 is 1.03 bits per heavy atom. The molecule has 0 bridgehead atoms. The van der Waals surface area contributed by atoms with Crippen molar-refractivity contribution in [2.45, 2.75) is 70.4 Å². The molecule has 0 radical (unpaired) electrons. The van der Waals surface area contributed by atoms with Gasteiger partial charge in [0.25, 0.3) is 0 Å². The molecule has 1 aliphatic carbocycles. The average Bonchev–Trinajstić information content (AvgIpc) is 3.32. The van der Waals surface area contributed by atoms with Gasteiger partial charge in [-0.15, -0.1) is 0 Å². The molecule has 4 heterocycles. The Morgan fingerprint density at radius 3 is 2.46 bits per heavy atom. The van der Waals surface area contributed by atoms with Crippen LogP contribution in [0.3, 0.4) is 0 Å². The lowest BCUT2D eigenvalue weighted by Gasteiger charge is -2.35. The lowest BCUT2D eigenvalue weighted by atomic mass is 9.82. The van der Waals surface area contributed by atoms with Crippen LogP contribution >= 0.6 is 11.6 Å². The number of pyridine rings is 2. The molecular weight excluding hydrogens is 497 g/mol. The number of nitrogens with one attached hydrogen (secondary N) is 3. The van der Waals surface area contributed by atoms with Crippen LogP contribution in [-0.4, -0.2) is 60.9 Å². The highest BCUT2D eigenvalue weighted by atomic mass is 35.5. The zero-order chi connectivity index (χ0) is 25.9. The summed E-state index contributed by atoms with van der Waals surface area (Å²) < 4.78 is 31.5. The number of halogens is 2. The van der Waals surface area contributed by atoms with Gasteiger partial charge in [-0.3, -0.25) is 5.32 Å². The van der Waals surface area contributed by atoms with E-state index in [1.807, 2.05) is 13.0 Å². The number of hydrogen-bond donors (Lipinski definition) is 3. The second kappa shape index (κ2) is 11.4. The maximum absolute atomic E-state index is 14.6. The second-order valence-electron chi connectivity index (χ2n) is 10.8. The monoisotopic (exact) mass is 533 g/mol. The highest BCUT2D eigenvalue weighted by molar-refractivity contribution is 6.33. The van der Waals surface area contributed by atoms with Crippen molar-refractivity contribution in [2.75, 3.05) is 43.6 Å². The summed E-state index contributed by atoms with van der Waals surface area (Å²) in [5, 5.41) is 10.8. The summed E-state index contributed by atoms with van der Waals surface area (Å²) in [6, 6.07) is 5.65. The molecular formula is C27H37ClFN5O3. The topological polar surface area (TPSA) is 89.6 Å². The molecule has 3 N–H and O–H groups in total. The first-order valence-corrected chi connectivity index (χ1v) is 13.6. The van der Waals surface area contributed by atoms with Crippen molar-refractivity contribution < 1.29 is 18.6 Å². The largest absolute Gasteiger partial charge is 0.381 e. The fraction of sp³-hybridized carbons (Fsp3) is 0.630. The Kier molecular flexibility index (Phi) is 8.16. The van der Waals surface area contributed by atoms with Crippen LogP contribution in [0.2, 0.25) is 5.02 Å². The molecule has 10 heteroatoms. The molecule has 5 rings (SSSR count). The van der Waals surface area contributed by atoms with Crippen molar-refractivity contribution in [3.05, 3.63) is 35.2 Å². The molecule has 0 aromatic carbocycles. The van der Waals surface area contributed by atoms with E-state index in [9.17, 15) is 4.39 Å². The Morgan fingerprint density at radius 2 is 1.73 bits per heavy atom. The second-order valence-corrected chi connectivity index (χ2v) is 11.2. The van der Waals surface area contributed by atoms with Gasteiger partial charge in [0.05, 0.1) is 23.9 Å². The minimum atomic E-state index is -0.671. The van der Waals surface area contributed by atoms with E-state index in [0.29, 0.717) is 42.6 Å². The summed E-state index contributed by atoms with van der Waals surface area (Å²) >= 11 is 6.51. The molecule has 3 fully saturated rings. The number of ether oxygens (including phenoxy) is 3. The molecule has 2 aliphatic heterocycles. The van der Waals surface area contributed by atoms with E-state index in [1.54, 1.807) is 12.3 Å². The van der Waals surface area contributed by atoms with Gasteiger partial charge in [-0.2, -0.15) is 0 Å². The van der Waals surface area contributed by atoms with Gasteiger partial charge in [-0.05, 0) is 62.1 Å². The summed E-state index contributed by atoms with van der Waals surface area (Å²) in [5.74, 6) is -0.0748. The summed E-state index contributed by atoms with van der Waals surface area (Å²) in [5.41, 5.74) is 1.38. The molecule has 0 unspecified atom stereocenters. The third-order valence-electron chi connectivity index (χ3n) is 7.74. The number of rotatable bonds is 8. The summed E-state index contributed by atoms with van der Waals surface area (Å²) in [6.45, 7) is 7.49. The van der Waals surface area contributed by atoms with Crippen LogP contribution in [0.1, 0.15) is 52.4 Å². The van der Waals surface area contributed by atoms with Crippen LogP contribution < -0.4 is 16.0 Å². The van der Waals surface area contributed by atoms with E-state index in [4.69, 9.17) is 25.8 Å². The number of anilines is 2. The third kappa shape index (κ3) is 6.70. The molecule has 202 valence electrons. The van der Waals surface area contributed by atoms with E-state index in [-0.39, 0.29) is 17.1 Å². The van der Waals surface area contributed by atoms with Crippen LogP contribution in [0.25, 0.3) is 11.3 Å². The van der Waals surface area contributed by atoms with Gasteiger partial charge in [0.1, 0.15) is 5.82 Å². The van der Waals surface area contributed by atoms with Gasteiger partial charge >= 0.3 is 0 Å². The summed E-state index contributed by atoms with van der Waals surface area (Å²) in [4.78, 5) is 9.07. The Balaban J connectivity index is 1.22. The van der Waals surface area contributed by atoms with Crippen LogP contribution in [-0.2, 0) is 14.2 Å². The van der Waals surface area contributed by atoms with Gasteiger partial charge in [-0.1, -0.05) is 18.5 Å². The minimum absolute atomic E-state index is 0.0527. The molecule has 37 heavy (non-hydrogen) atoms. The van der Waals surface area contributed by atoms with E-state index in [0.717, 1.165) is 63.1 Å². The maximum atomic E-state index is 14.6. The van der Waals surface area contributed by atoms with Crippen molar-refractivity contribution in [3.63, 3.8) is 0 Å². The molecule has 0 amide bonds. The first-order valence-electron chi connectivity index (χ1n) is 13.3. The Bertz CT molecular complexity index is 1070. The molecule has 2 aromatic heterocycles. The number of hydrogen-bond acceptors (Lipinski definition) is 8. The van der Waals surface area contributed by atoms with E-state index < -0.39 is 5.91 Å². The normalized spacial score (nSPS) is 25.1. The fourth-order valence-electron chi connectivity index (χ4n) is 5.33. The smallest absolute Gasteiger partial charge is 0.224 e. The van der Waals surface area contributed by atoms with E-state index in [1.165, 1.54) is 6.07 Å². The molecule has 2 aromatic rings. The first-order chi connectivity index (χ1) is 17.8. The molecule has 2 saturated heterocycles. The van der Waals surface area contributed by atoms with Gasteiger partial charge < -0.3 is 24.8 Å². The van der Waals surface area contributed by atoms with E-state index >= 15 is 0 Å². The van der Waals surface area contributed by atoms with Crippen molar-refractivity contribution in [1.82, 2.24) is 15.3 Å². The van der Waals surface area contributed by atoms with Crippen LogP contribution in [0.15, 0.2) is 24.4 Å². The molecule has 1 saturated carbocycles. The zero-order valence-electron chi connectivity index (χ0n) is 21.6. The van der Waals surface area contributed by atoms with E-state index in [2.05, 4.69) is 32.8 Å². The predicted octanol–water partition coefficient (Wildman–Crippen LogP) is 5.20. The predicted molar refractivity (Wildman–Crippen MR) is 142 cm³/mol. The SMILES string of the molecule is CC1(CNc2nc(-c3cc(NC4CCC(NC5(C)OCCO5)CC4)ncc3Cl)ccc2F)CCOCC1. The fourth-order valence-corrected chi connectivity index (χ4v) is 5.53. The summed E-state index contributed by atoms with van der Waals surface area (Å²) in [7, 11) is 0. The highest BCUT2D eigenvalue weighted by Crippen LogP contribution is 2.33. The van der Waals surface area contributed by atoms with Crippen molar-refractivity contribution in [1.29, 1.82) is 0 Å². The molecule has 3 aliphatic rings.